The molecular formula is C32H58N2O5Si2. The van der Waals surface area contributed by atoms with Crippen molar-refractivity contribution in [2.24, 2.45) is 0 Å². The number of rotatable bonds is 12. The van der Waals surface area contributed by atoms with Crippen LogP contribution in [0.2, 0.25) is 36.3 Å². The molecule has 0 aliphatic rings. The van der Waals surface area contributed by atoms with E-state index in [1.807, 2.05) is 45.0 Å². The van der Waals surface area contributed by atoms with Crippen LogP contribution in [0.15, 0.2) is 36.4 Å². The minimum atomic E-state index is -2.33. The molecule has 234 valence electrons. The number of ether oxygens (including phenoxy) is 1. The van der Waals surface area contributed by atoms with E-state index in [4.69, 9.17) is 13.6 Å². The third-order valence-electron chi connectivity index (χ3n) is 8.46. The monoisotopic (exact) mass is 606 g/mol. The summed E-state index contributed by atoms with van der Waals surface area (Å²) in [5, 5.41) is 3.01. The molecule has 1 N–H and O–H groups in total. The first-order valence-electron chi connectivity index (χ1n) is 14.6. The Morgan fingerprint density at radius 3 is 1.61 bits per heavy atom. The lowest BCUT2D eigenvalue weighted by Gasteiger charge is -2.48. The number of amides is 2. The van der Waals surface area contributed by atoms with Crippen molar-refractivity contribution in [3.05, 3.63) is 42.0 Å². The fraction of sp³-hybridized carbons (Fsp3) is 0.688. The van der Waals surface area contributed by atoms with Gasteiger partial charge < -0.3 is 23.8 Å². The Morgan fingerprint density at radius 2 is 1.27 bits per heavy atom. The first kappa shape index (κ1) is 37.1. The summed E-state index contributed by atoms with van der Waals surface area (Å²) in [5.41, 5.74) is -1.09. The minimum absolute atomic E-state index is 0.0273. The highest BCUT2D eigenvalue weighted by Gasteiger charge is 2.52. The van der Waals surface area contributed by atoms with Crippen LogP contribution < -0.4 is 10.1 Å². The second-order valence-corrected chi connectivity index (χ2v) is 24.7. The highest BCUT2D eigenvalue weighted by Crippen LogP contribution is 2.40. The van der Waals surface area contributed by atoms with Gasteiger partial charge in [0.15, 0.2) is 22.2 Å². The SMILES string of the molecule is C/C=C/C(=O)N(Cc1ccc(OC)cc1)C(CO[Si](C)(C)C(C)(C)C)(CO[Si](C)(C)C(C)(C)C)C(=O)NC(C)(C)C. The van der Waals surface area contributed by atoms with Gasteiger partial charge in [-0.1, -0.05) is 59.8 Å². The standard InChI is InChI=1S/C32H58N2O5Si2/c1-16-17-27(35)34(22-25-18-20-26(37-11)21-19-25)32(28(36)33-29(2,3)4,23-38-40(12,13)30(5,6)7)24-39-41(14,15)31(8,9)10/h16-21H,22-24H2,1-15H3,(H,33,36)/b17-16+. The van der Waals surface area contributed by atoms with E-state index in [-0.39, 0.29) is 41.6 Å². The van der Waals surface area contributed by atoms with Crippen LogP contribution in [0.4, 0.5) is 0 Å². The van der Waals surface area contributed by atoms with Gasteiger partial charge in [0.05, 0.1) is 20.3 Å². The van der Waals surface area contributed by atoms with Crippen LogP contribution in [-0.2, 0) is 25.0 Å². The Morgan fingerprint density at radius 1 is 0.829 bits per heavy atom. The average Bonchev–Trinajstić information content (AvgIpc) is 2.81. The summed E-state index contributed by atoms with van der Waals surface area (Å²) in [5.74, 6) is 0.165. The number of methoxy groups -OCH3 is 1. The summed E-state index contributed by atoms with van der Waals surface area (Å²) in [6, 6.07) is 7.57. The molecule has 41 heavy (non-hydrogen) atoms. The smallest absolute Gasteiger partial charge is 0.251 e. The van der Waals surface area contributed by atoms with Crippen LogP contribution in [-0.4, -0.2) is 64.8 Å². The van der Waals surface area contributed by atoms with Crippen LogP contribution in [0, 0.1) is 0 Å². The molecule has 0 spiro atoms. The maximum absolute atomic E-state index is 14.6. The zero-order valence-electron chi connectivity index (χ0n) is 28.6. The van der Waals surface area contributed by atoms with Gasteiger partial charge in [0.1, 0.15) is 5.75 Å². The Labute approximate surface area is 252 Å². The molecule has 0 heterocycles. The van der Waals surface area contributed by atoms with Crippen molar-refractivity contribution in [3.63, 3.8) is 0 Å². The number of allylic oxidation sites excluding steroid dienone is 1. The van der Waals surface area contributed by atoms with Crippen LogP contribution >= 0.6 is 0 Å². The first-order chi connectivity index (χ1) is 18.4. The van der Waals surface area contributed by atoms with E-state index < -0.39 is 27.7 Å². The van der Waals surface area contributed by atoms with Crippen molar-refractivity contribution in [1.29, 1.82) is 0 Å². The topological polar surface area (TPSA) is 77.1 Å². The van der Waals surface area contributed by atoms with Crippen LogP contribution in [0.25, 0.3) is 0 Å². The fourth-order valence-electron chi connectivity index (χ4n) is 3.53. The fourth-order valence-corrected chi connectivity index (χ4v) is 5.59. The van der Waals surface area contributed by atoms with Crippen molar-refractivity contribution in [2.45, 2.75) is 123 Å². The minimum Gasteiger partial charge on any atom is -0.497 e. The Bertz CT molecular complexity index is 1020. The average molecular weight is 607 g/mol. The van der Waals surface area contributed by atoms with Crippen molar-refractivity contribution in [2.75, 3.05) is 20.3 Å². The van der Waals surface area contributed by atoms with Crippen LogP contribution in [0.1, 0.15) is 74.8 Å². The van der Waals surface area contributed by atoms with Gasteiger partial charge in [-0.15, -0.1) is 0 Å². The lowest BCUT2D eigenvalue weighted by Crippen LogP contribution is -2.69. The molecule has 1 aromatic rings. The maximum atomic E-state index is 14.6. The molecule has 0 saturated carbocycles. The van der Waals surface area contributed by atoms with E-state index in [1.165, 1.54) is 6.08 Å². The normalized spacial score (nSPS) is 13.8. The number of nitrogens with zero attached hydrogens (tertiary/aromatic N) is 1. The number of carbonyl (C=O) groups is 2. The summed E-state index contributed by atoms with van der Waals surface area (Å²) in [6.07, 6.45) is 3.22. The molecule has 0 saturated heterocycles. The summed E-state index contributed by atoms with van der Waals surface area (Å²) in [4.78, 5) is 30.2. The zero-order chi connectivity index (χ0) is 32.1. The van der Waals surface area contributed by atoms with Gasteiger partial charge >= 0.3 is 0 Å². The number of carbonyl (C=O) groups excluding carboxylic acids is 2. The van der Waals surface area contributed by atoms with Gasteiger partial charge in [-0.3, -0.25) is 9.59 Å². The van der Waals surface area contributed by atoms with Gasteiger partial charge in [0.2, 0.25) is 5.91 Å². The molecule has 9 heteroatoms. The molecule has 0 aliphatic carbocycles. The quantitative estimate of drug-likeness (QED) is 0.200. The van der Waals surface area contributed by atoms with Crippen molar-refractivity contribution >= 4 is 28.4 Å². The molecule has 0 radical (unpaired) electrons. The molecule has 0 atom stereocenters. The number of hydrogen-bond acceptors (Lipinski definition) is 5. The lowest BCUT2D eigenvalue weighted by molar-refractivity contribution is -0.152. The van der Waals surface area contributed by atoms with E-state index in [2.05, 4.69) is 73.0 Å². The van der Waals surface area contributed by atoms with E-state index >= 15 is 0 Å². The van der Waals surface area contributed by atoms with Gasteiger partial charge in [0, 0.05) is 12.1 Å². The highest BCUT2D eigenvalue weighted by atomic mass is 28.4. The van der Waals surface area contributed by atoms with E-state index in [0.717, 1.165) is 11.3 Å². The maximum Gasteiger partial charge on any atom is 0.251 e. The van der Waals surface area contributed by atoms with Gasteiger partial charge in [-0.25, -0.2) is 0 Å². The Balaban J connectivity index is 3.94. The van der Waals surface area contributed by atoms with Gasteiger partial charge in [0.25, 0.3) is 5.91 Å². The molecule has 1 aromatic carbocycles. The first-order valence-corrected chi connectivity index (χ1v) is 20.4. The largest absolute Gasteiger partial charge is 0.497 e. The van der Waals surface area contributed by atoms with Crippen molar-refractivity contribution < 1.29 is 23.2 Å². The Kier molecular flexibility index (Phi) is 12.3. The lowest BCUT2D eigenvalue weighted by atomic mass is 9.94. The number of benzene rings is 1. The third kappa shape index (κ3) is 10.1. The molecule has 7 nitrogen and oxygen atoms in total. The van der Waals surface area contributed by atoms with E-state index in [0.29, 0.717) is 0 Å². The zero-order valence-corrected chi connectivity index (χ0v) is 30.6. The van der Waals surface area contributed by atoms with E-state index in [9.17, 15) is 9.59 Å². The number of nitrogens with one attached hydrogen (secondary N) is 1. The molecule has 0 bridgehead atoms. The summed E-state index contributed by atoms with van der Waals surface area (Å²) in [6.45, 7) is 29.6. The molecule has 1 rings (SSSR count). The summed E-state index contributed by atoms with van der Waals surface area (Å²) >= 11 is 0. The molecule has 0 fully saturated rings. The van der Waals surface area contributed by atoms with Gasteiger partial charge in [-0.2, -0.15) is 0 Å². The third-order valence-corrected chi connectivity index (χ3v) is 17.4. The van der Waals surface area contributed by atoms with Crippen LogP contribution in [0.3, 0.4) is 0 Å². The Hall–Kier alpha value is -1.95. The number of hydrogen-bond donors (Lipinski definition) is 1. The second-order valence-electron chi connectivity index (χ2n) is 15.1. The molecular weight excluding hydrogens is 549 g/mol. The summed E-state index contributed by atoms with van der Waals surface area (Å²) in [7, 11) is -3.04. The van der Waals surface area contributed by atoms with Crippen LogP contribution in [0.5, 0.6) is 5.75 Å². The molecule has 0 aliphatic heterocycles. The second kappa shape index (κ2) is 13.6. The molecule has 2 amide bonds. The van der Waals surface area contributed by atoms with Gasteiger partial charge in [-0.05, 0) is 87.7 Å². The summed E-state index contributed by atoms with van der Waals surface area (Å²) < 4.78 is 19.0. The predicted octanol–water partition coefficient (Wildman–Crippen LogP) is 7.30. The van der Waals surface area contributed by atoms with E-state index in [1.54, 1.807) is 25.0 Å². The van der Waals surface area contributed by atoms with Crippen molar-refractivity contribution in [1.82, 2.24) is 10.2 Å². The molecule has 0 aromatic heterocycles. The highest BCUT2D eigenvalue weighted by molar-refractivity contribution is 6.74. The van der Waals surface area contributed by atoms with Crippen molar-refractivity contribution in [3.8, 4) is 5.75 Å². The predicted molar refractivity (Wildman–Crippen MR) is 175 cm³/mol. The molecule has 0 unspecified atom stereocenters.